The Balaban J connectivity index is 2.54. The van der Waals surface area contributed by atoms with Crippen molar-refractivity contribution >= 4 is 5.65 Å². The predicted molar refractivity (Wildman–Crippen MR) is 64.6 cm³/mol. The zero-order chi connectivity index (χ0) is 11.8. The smallest absolute Gasteiger partial charge is 0.258 e. The Morgan fingerprint density at radius 1 is 1.31 bits per heavy atom. The minimum atomic E-state index is -0.00940. The van der Waals surface area contributed by atoms with E-state index in [0.29, 0.717) is 5.65 Å². The first-order valence-electron chi connectivity index (χ1n) is 5.43. The van der Waals surface area contributed by atoms with E-state index in [4.69, 9.17) is 0 Å². The number of pyridine rings is 1. The normalized spacial score (nSPS) is 11.9. The van der Waals surface area contributed by atoms with Gasteiger partial charge in [0.25, 0.3) is 5.56 Å². The number of hydrogen-bond donors (Lipinski definition) is 0. The van der Waals surface area contributed by atoms with Gasteiger partial charge in [0.2, 0.25) is 0 Å². The summed E-state index contributed by atoms with van der Waals surface area (Å²) in [6, 6.07) is 7.20. The molecule has 0 saturated heterocycles. The van der Waals surface area contributed by atoms with Crippen LogP contribution in [0.3, 0.4) is 0 Å². The molecule has 16 heavy (non-hydrogen) atoms. The van der Waals surface area contributed by atoms with Crippen molar-refractivity contribution in [3.63, 3.8) is 0 Å². The maximum Gasteiger partial charge on any atom is 0.258 e. The minimum absolute atomic E-state index is 0.00940. The Morgan fingerprint density at radius 3 is 2.75 bits per heavy atom. The SMILES string of the molecule is CC(C)(C)Cc1cc(=O)n2ccccc2n1. The molecule has 84 valence electrons. The van der Waals surface area contributed by atoms with Gasteiger partial charge >= 0.3 is 0 Å². The Hall–Kier alpha value is -1.64. The van der Waals surface area contributed by atoms with Crippen LogP contribution in [0.5, 0.6) is 0 Å². The van der Waals surface area contributed by atoms with Gasteiger partial charge in [-0.2, -0.15) is 0 Å². The maximum absolute atomic E-state index is 11.8. The zero-order valence-corrected chi connectivity index (χ0v) is 9.90. The summed E-state index contributed by atoms with van der Waals surface area (Å²) in [5, 5.41) is 0. The molecule has 2 aromatic rings. The number of fused-ring (bicyclic) bond motifs is 1. The van der Waals surface area contributed by atoms with Crippen molar-refractivity contribution in [2.45, 2.75) is 27.2 Å². The molecule has 0 amide bonds. The van der Waals surface area contributed by atoms with Crippen molar-refractivity contribution in [1.82, 2.24) is 9.38 Å². The van der Waals surface area contributed by atoms with Crippen LogP contribution in [0.25, 0.3) is 5.65 Å². The van der Waals surface area contributed by atoms with Crippen LogP contribution in [-0.2, 0) is 6.42 Å². The highest BCUT2D eigenvalue weighted by Gasteiger charge is 2.13. The highest BCUT2D eigenvalue weighted by atomic mass is 16.1. The Bertz CT molecular complexity index is 564. The minimum Gasteiger partial charge on any atom is -0.269 e. The molecule has 3 heteroatoms. The van der Waals surface area contributed by atoms with Gasteiger partial charge < -0.3 is 0 Å². The van der Waals surface area contributed by atoms with E-state index >= 15 is 0 Å². The lowest BCUT2D eigenvalue weighted by molar-refractivity contribution is 0.406. The average molecular weight is 216 g/mol. The van der Waals surface area contributed by atoms with Crippen molar-refractivity contribution in [3.8, 4) is 0 Å². The molecule has 0 unspecified atom stereocenters. The van der Waals surface area contributed by atoms with Crippen LogP contribution in [0.1, 0.15) is 26.5 Å². The van der Waals surface area contributed by atoms with Gasteiger partial charge in [0.15, 0.2) is 0 Å². The van der Waals surface area contributed by atoms with E-state index in [1.165, 1.54) is 0 Å². The van der Waals surface area contributed by atoms with Crippen molar-refractivity contribution < 1.29 is 0 Å². The molecular formula is C13H16N2O. The molecule has 0 N–H and O–H groups in total. The second-order valence-corrected chi connectivity index (χ2v) is 5.25. The topological polar surface area (TPSA) is 34.4 Å². The quantitative estimate of drug-likeness (QED) is 0.733. The molecule has 0 saturated carbocycles. The molecule has 3 nitrogen and oxygen atoms in total. The van der Waals surface area contributed by atoms with Gasteiger partial charge in [-0.15, -0.1) is 0 Å². The molecule has 2 aromatic heterocycles. The highest BCUT2D eigenvalue weighted by molar-refractivity contribution is 5.38. The number of aromatic nitrogens is 2. The molecule has 0 aromatic carbocycles. The first-order chi connectivity index (χ1) is 7.46. The van der Waals surface area contributed by atoms with Crippen LogP contribution >= 0.6 is 0 Å². The number of rotatable bonds is 1. The van der Waals surface area contributed by atoms with Crippen molar-refractivity contribution in [3.05, 3.63) is 46.5 Å². The van der Waals surface area contributed by atoms with Crippen LogP contribution < -0.4 is 5.56 Å². The van der Waals surface area contributed by atoms with Crippen molar-refractivity contribution in [2.75, 3.05) is 0 Å². The summed E-state index contributed by atoms with van der Waals surface area (Å²) < 4.78 is 1.56. The standard InChI is InChI=1S/C13H16N2O/c1-13(2,3)9-10-8-12(16)15-7-5-4-6-11(15)14-10/h4-8H,9H2,1-3H3. The molecule has 0 aliphatic rings. The Kier molecular flexibility index (Phi) is 2.54. The summed E-state index contributed by atoms with van der Waals surface area (Å²) in [6.45, 7) is 6.42. The van der Waals surface area contributed by atoms with E-state index in [2.05, 4.69) is 25.8 Å². The van der Waals surface area contributed by atoms with E-state index in [9.17, 15) is 4.79 Å². The lowest BCUT2D eigenvalue weighted by atomic mass is 9.90. The fourth-order valence-electron chi connectivity index (χ4n) is 1.74. The van der Waals surface area contributed by atoms with Crippen LogP contribution in [0.15, 0.2) is 35.3 Å². The van der Waals surface area contributed by atoms with Gasteiger partial charge in [0.1, 0.15) is 5.65 Å². The third kappa shape index (κ3) is 2.30. The van der Waals surface area contributed by atoms with Gasteiger partial charge in [-0.3, -0.25) is 9.20 Å². The van der Waals surface area contributed by atoms with Gasteiger partial charge in [0, 0.05) is 18.0 Å². The number of nitrogens with zero attached hydrogens (tertiary/aromatic N) is 2. The third-order valence-electron chi connectivity index (χ3n) is 2.34. The van der Waals surface area contributed by atoms with Gasteiger partial charge in [-0.1, -0.05) is 26.8 Å². The lowest BCUT2D eigenvalue weighted by Crippen LogP contribution is -2.18. The van der Waals surface area contributed by atoms with E-state index in [0.717, 1.165) is 12.1 Å². The lowest BCUT2D eigenvalue weighted by Gasteiger charge is -2.17. The summed E-state index contributed by atoms with van der Waals surface area (Å²) in [7, 11) is 0. The third-order valence-corrected chi connectivity index (χ3v) is 2.34. The largest absolute Gasteiger partial charge is 0.269 e. The fourth-order valence-corrected chi connectivity index (χ4v) is 1.74. The van der Waals surface area contributed by atoms with Crippen LogP contribution in [0.4, 0.5) is 0 Å². The molecule has 0 fully saturated rings. The molecule has 0 aliphatic carbocycles. The fraction of sp³-hybridized carbons (Fsp3) is 0.385. The molecule has 0 atom stereocenters. The summed E-state index contributed by atoms with van der Waals surface area (Å²) >= 11 is 0. The first-order valence-corrected chi connectivity index (χ1v) is 5.43. The van der Waals surface area contributed by atoms with E-state index in [1.807, 2.05) is 18.2 Å². The zero-order valence-electron chi connectivity index (χ0n) is 9.90. The van der Waals surface area contributed by atoms with Crippen LogP contribution in [-0.4, -0.2) is 9.38 Å². The van der Waals surface area contributed by atoms with Crippen molar-refractivity contribution in [1.29, 1.82) is 0 Å². The summed E-state index contributed by atoms with van der Waals surface area (Å²) in [5.41, 5.74) is 1.72. The van der Waals surface area contributed by atoms with Gasteiger partial charge in [-0.05, 0) is 24.0 Å². The second-order valence-electron chi connectivity index (χ2n) is 5.25. The van der Waals surface area contributed by atoms with Crippen LogP contribution in [0.2, 0.25) is 0 Å². The number of hydrogen-bond acceptors (Lipinski definition) is 2. The van der Waals surface area contributed by atoms with Gasteiger partial charge in [-0.25, -0.2) is 4.98 Å². The van der Waals surface area contributed by atoms with E-state index in [-0.39, 0.29) is 11.0 Å². The Labute approximate surface area is 94.8 Å². The molecule has 0 aliphatic heterocycles. The van der Waals surface area contributed by atoms with Gasteiger partial charge in [0.05, 0.1) is 0 Å². The predicted octanol–water partition coefficient (Wildman–Crippen LogP) is 2.28. The second kappa shape index (κ2) is 3.74. The first kappa shape index (κ1) is 10.9. The van der Waals surface area contributed by atoms with Crippen molar-refractivity contribution in [2.24, 2.45) is 5.41 Å². The molecule has 2 heterocycles. The molecule has 0 radical (unpaired) electrons. The molecule has 0 bridgehead atoms. The average Bonchev–Trinajstić information content (AvgIpc) is 2.15. The van der Waals surface area contributed by atoms with Crippen LogP contribution in [0, 0.1) is 5.41 Å². The summed E-state index contributed by atoms with van der Waals surface area (Å²) in [5.74, 6) is 0. The van der Waals surface area contributed by atoms with E-state index < -0.39 is 0 Å². The Morgan fingerprint density at radius 2 is 2.06 bits per heavy atom. The molecule has 2 rings (SSSR count). The monoisotopic (exact) mass is 216 g/mol. The molecular weight excluding hydrogens is 200 g/mol. The molecule has 0 spiro atoms. The summed E-state index contributed by atoms with van der Waals surface area (Å²) in [4.78, 5) is 16.3. The highest BCUT2D eigenvalue weighted by Crippen LogP contribution is 2.18. The van der Waals surface area contributed by atoms with E-state index in [1.54, 1.807) is 16.7 Å². The summed E-state index contributed by atoms with van der Waals surface area (Å²) in [6.07, 6.45) is 2.55. The maximum atomic E-state index is 11.8.